The van der Waals surface area contributed by atoms with Gasteiger partial charge in [0.1, 0.15) is 0 Å². The van der Waals surface area contributed by atoms with Crippen LogP contribution in [-0.2, 0) is 30.3 Å². The first-order chi connectivity index (χ1) is 6.67. The molecule has 0 rings (SSSR count). The molecule has 0 aromatic carbocycles. The standard InChI is InChI=1S/C8H12O5S/c1-3-12-7(9)6(5-14-11)8(10)13-4-2/h5-6H,3-4H2,1-2H3. The molecule has 0 aromatic rings. The van der Waals surface area contributed by atoms with Gasteiger partial charge < -0.3 is 9.47 Å². The highest BCUT2D eigenvalue weighted by atomic mass is 32.1. The molecule has 0 N–H and O–H groups in total. The number of ether oxygens (including phenoxy) is 2. The van der Waals surface area contributed by atoms with Gasteiger partial charge >= 0.3 is 11.9 Å². The van der Waals surface area contributed by atoms with Gasteiger partial charge in [0.15, 0.2) is 5.92 Å². The molecule has 0 aliphatic heterocycles. The first kappa shape index (κ1) is 12.8. The van der Waals surface area contributed by atoms with E-state index in [1.807, 2.05) is 0 Å². The van der Waals surface area contributed by atoms with Gasteiger partial charge in [0.05, 0.1) is 24.5 Å². The van der Waals surface area contributed by atoms with Gasteiger partial charge in [-0.05, 0) is 13.8 Å². The van der Waals surface area contributed by atoms with E-state index in [9.17, 15) is 13.8 Å². The molecule has 0 aliphatic rings. The summed E-state index contributed by atoms with van der Waals surface area (Å²) in [5.41, 5.74) is 0. The summed E-state index contributed by atoms with van der Waals surface area (Å²) in [7, 11) is 0. The summed E-state index contributed by atoms with van der Waals surface area (Å²) in [6.07, 6.45) is 0. The van der Waals surface area contributed by atoms with E-state index >= 15 is 0 Å². The number of rotatable bonds is 5. The fourth-order valence-electron chi connectivity index (χ4n) is 0.727. The van der Waals surface area contributed by atoms with Crippen molar-refractivity contribution in [3.8, 4) is 0 Å². The molecule has 14 heavy (non-hydrogen) atoms. The van der Waals surface area contributed by atoms with E-state index in [1.54, 1.807) is 13.8 Å². The first-order valence-electron chi connectivity index (χ1n) is 4.12. The molecule has 0 bridgehead atoms. The predicted molar refractivity (Wildman–Crippen MR) is 51.0 cm³/mol. The second-order valence-electron chi connectivity index (χ2n) is 2.21. The second kappa shape index (κ2) is 7.25. The van der Waals surface area contributed by atoms with Crippen LogP contribution in [0.25, 0.3) is 0 Å². The van der Waals surface area contributed by atoms with Gasteiger partial charge in [-0.1, -0.05) is 0 Å². The van der Waals surface area contributed by atoms with Crippen molar-refractivity contribution in [3.63, 3.8) is 0 Å². The summed E-state index contributed by atoms with van der Waals surface area (Å²) in [6.45, 7) is 3.55. The second-order valence-corrected chi connectivity index (χ2v) is 2.68. The number of esters is 2. The van der Waals surface area contributed by atoms with E-state index in [-0.39, 0.29) is 24.5 Å². The maximum absolute atomic E-state index is 11.1. The minimum Gasteiger partial charge on any atom is -0.465 e. The molecule has 0 atom stereocenters. The quantitative estimate of drug-likeness (QED) is 0.363. The number of carbonyl (C=O) groups is 2. The zero-order valence-corrected chi connectivity index (χ0v) is 8.83. The van der Waals surface area contributed by atoms with Crippen LogP contribution in [0.2, 0.25) is 0 Å². The maximum Gasteiger partial charge on any atom is 0.325 e. The Morgan fingerprint density at radius 2 is 1.64 bits per heavy atom. The Balaban J connectivity index is 4.49. The van der Waals surface area contributed by atoms with Crippen LogP contribution in [0.3, 0.4) is 0 Å². The Bertz CT molecular complexity index is 238. The molecule has 0 saturated heterocycles. The summed E-state index contributed by atoms with van der Waals surface area (Å²) in [5, 5.41) is 0.954. The summed E-state index contributed by atoms with van der Waals surface area (Å²) in [4.78, 5) is 22.3. The maximum atomic E-state index is 11.1. The third-order valence-electron chi connectivity index (χ3n) is 1.27. The SMILES string of the molecule is CCOC(=O)C(C=S=O)C(=O)OCC. The molecule has 0 spiro atoms. The number of hydrogen-bond donors (Lipinski definition) is 0. The zero-order valence-electron chi connectivity index (χ0n) is 8.02. The largest absolute Gasteiger partial charge is 0.465 e. The lowest BCUT2D eigenvalue weighted by Gasteiger charge is -2.08. The zero-order chi connectivity index (χ0) is 11.0. The van der Waals surface area contributed by atoms with Crippen LogP contribution in [0.5, 0.6) is 0 Å². The predicted octanol–water partition coefficient (Wildman–Crippen LogP) is -0.256. The van der Waals surface area contributed by atoms with Gasteiger partial charge in [-0.15, -0.1) is 0 Å². The fraction of sp³-hybridized carbons (Fsp3) is 0.625. The molecular weight excluding hydrogens is 208 g/mol. The van der Waals surface area contributed by atoms with Crippen molar-refractivity contribution in [2.75, 3.05) is 13.2 Å². The van der Waals surface area contributed by atoms with Crippen LogP contribution in [0, 0.1) is 5.92 Å². The lowest BCUT2D eigenvalue weighted by atomic mass is 10.2. The molecule has 0 saturated carbocycles. The molecule has 6 heteroatoms. The lowest BCUT2D eigenvalue weighted by molar-refractivity contribution is -0.157. The summed E-state index contributed by atoms with van der Waals surface area (Å²) in [5.74, 6) is -2.74. The van der Waals surface area contributed by atoms with Gasteiger partial charge in [-0.2, -0.15) is 0 Å². The topological polar surface area (TPSA) is 69.7 Å². The smallest absolute Gasteiger partial charge is 0.325 e. The van der Waals surface area contributed by atoms with E-state index in [1.165, 1.54) is 0 Å². The van der Waals surface area contributed by atoms with Crippen LogP contribution in [0.15, 0.2) is 0 Å². The molecule has 0 unspecified atom stereocenters. The Morgan fingerprint density at radius 3 is 1.93 bits per heavy atom. The van der Waals surface area contributed by atoms with Crippen molar-refractivity contribution in [1.29, 1.82) is 0 Å². The average molecular weight is 220 g/mol. The molecule has 80 valence electrons. The third kappa shape index (κ3) is 4.18. The van der Waals surface area contributed by atoms with E-state index in [0.717, 1.165) is 5.37 Å². The minimum atomic E-state index is -1.22. The van der Waals surface area contributed by atoms with Gasteiger partial charge in [-0.3, -0.25) is 9.59 Å². The van der Waals surface area contributed by atoms with Crippen LogP contribution in [-0.4, -0.2) is 34.7 Å². The molecule has 0 fully saturated rings. The van der Waals surface area contributed by atoms with Crippen molar-refractivity contribution in [2.24, 2.45) is 5.92 Å². The van der Waals surface area contributed by atoms with Crippen molar-refractivity contribution in [3.05, 3.63) is 0 Å². The van der Waals surface area contributed by atoms with Crippen molar-refractivity contribution in [2.45, 2.75) is 13.8 Å². The fourth-order valence-corrected chi connectivity index (χ4v) is 1.06. The highest BCUT2D eigenvalue weighted by Gasteiger charge is 2.27. The average Bonchev–Trinajstić information content (AvgIpc) is 2.14. The highest BCUT2D eigenvalue weighted by Crippen LogP contribution is 2.00. The van der Waals surface area contributed by atoms with Crippen LogP contribution in [0.1, 0.15) is 13.8 Å². The number of hydrogen-bond acceptors (Lipinski definition) is 5. The molecule has 0 aliphatic carbocycles. The van der Waals surface area contributed by atoms with Gasteiger partial charge in [0.2, 0.25) is 0 Å². The monoisotopic (exact) mass is 220 g/mol. The van der Waals surface area contributed by atoms with Gasteiger partial charge in [0, 0.05) is 5.37 Å². The van der Waals surface area contributed by atoms with Crippen molar-refractivity contribution < 1.29 is 23.3 Å². The Morgan fingerprint density at radius 1 is 1.21 bits per heavy atom. The molecule has 0 amide bonds. The van der Waals surface area contributed by atoms with E-state index in [2.05, 4.69) is 9.47 Å². The minimum absolute atomic E-state index is 0.0414. The first-order valence-corrected chi connectivity index (χ1v) is 4.93. The molecule has 0 heterocycles. The Hall–Kier alpha value is -1.17. The molecule has 0 aromatic heterocycles. The normalized spacial score (nSPS) is 9.36. The van der Waals surface area contributed by atoms with Gasteiger partial charge in [0.25, 0.3) is 0 Å². The highest BCUT2D eigenvalue weighted by molar-refractivity contribution is 7.65. The summed E-state index contributed by atoms with van der Waals surface area (Å²) in [6, 6.07) is 0. The summed E-state index contributed by atoms with van der Waals surface area (Å²) < 4.78 is 19.4. The van der Waals surface area contributed by atoms with Crippen LogP contribution >= 0.6 is 0 Å². The molecule has 5 nitrogen and oxygen atoms in total. The van der Waals surface area contributed by atoms with Gasteiger partial charge in [-0.25, -0.2) is 4.21 Å². The van der Waals surface area contributed by atoms with Crippen LogP contribution in [0.4, 0.5) is 0 Å². The van der Waals surface area contributed by atoms with E-state index < -0.39 is 17.9 Å². The lowest BCUT2D eigenvalue weighted by Crippen LogP contribution is -2.29. The Kier molecular flexibility index (Phi) is 6.65. The summed E-state index contributed by atoms with van der Waals surface area (Å²) >= 11 is 0.0414. The van der Waals surface area contributed by atoms with E-state index in [4.69, 9.17) is 0 Å². The Labute approximate surface area is 85.5 Å². The van der Waals surface area contributed by atoms with Crippen molar-refractivity contribution >= 4 is 28.6 Å². The molecule has 0 radical (unpaired) electrons. The van der Waals surface area contributed by atoms with Crippen LogP contribution < -0.4 is 0 Å². The van der Waals surface area contributed by atoms with E-state index in [0.29, 0.717) is 0 Å². The number of carbonyl (C=O) groups excluding carboxylic acids is 2. The molecular formula is C8H12O5S. The van der Waals surface area contributed by atoms with Crippen molar-refractivity contribution in [1.82, 2.24) is 0 Å². The third-order valence-corrected chi connectivity index (χ3v) is 1.66.